The van der Waals surface area contributed by atoms with E-state index in [0.29, 0.717) is 24.2 Å². The summed E-state index contributed by atoms with van der Waals surface area (Å²) in [4.78, 5) is 24.3. The van der Waals surface area contributed by atoms with Crippen LogP contribution in [0.4, 0.5) is 10.1 Å². The van der Waals surface area contributed by atoms with E-state index < -0.39 is 0 Å². The number of carbonyl (C=O) groups excluding carboxylic acids is 2. The van der Waals surface area contributed by atoms with Crippen LogP contribution in [-0.4, -0.2) is 11.8 Å². The Balaban J connectivity index is 1.46. The lowest BCUT2D eigenvalue weighted by atomic mass is 10.1. The number of carbonyl (C=O) groups is 2. The van der Waals surface area contributed by atoms with E-state index in [1.807, 2.05) is 36.4 Å². The molecular formula is C24H23FN2O2. The Morgan fingerprint density at radius 1 is 0.828 bits per heavy atom. The van der Waals surface area contributed by atoms with Crippen LogP contribution in [0, 0.1) is 5.82 Å². The summed E-state index contributed by atoms with van der Waals surface area (Å²) in [7, 11) is 0. The van der Waals surface area contributed by atoms with Gasteiger partial charge in [0.05, 0.1) is 0 Å². The molecule has 0 aliphatic rings. The van der Waals surface area contributed by atoms with E-state index in [0.717, 1.165) is 18.4 Å². The summed E-state index contributed by atoms with van der Waals surface area (Å²) >= 11 is 0. The van der Waals surface area contributed by atoms with E-state index in [9.17, 15) is 14.0 Å². The van der Waals surface area contributed by atoms with Crippen molar-refractivity contribution in [3.63, 3.8) is 0 Å². The molecule has 0 saturated carbocycles. The lowest BCUT2D eigenvalue weighted by Gasteiger charge is -2.09. The van der Waals surface area contributed by atoms with E-state index in [1.165, 1.54) is 29.8 Å². The van der Waals surface area contributed by atoms with Crippen LogP contribution in [-0.2, 0) is 17.8 Å². The van der Waals surface area contributed by atoms with Gasteiger partial charge in [-0.25, -0.2) is 4.39 Å². The summed E-state index contributed by atoms with van der Waals surface area (Å²) in [6.07, 6.45) is 2.14. The maximum atomic E-state index is 13.0. The third kappa shape index (κ3) is 6.57. The lowest BCUT2D eigenvalue weighted by Crippen LogP contribution is -2.22. The number of hydrogen-bond acceptors (Lipinski definition) is 2. The van der Waals surface area contributed by atoms with Crippen molar-refractivity contribution in [2.24, 2.45) is 0 Å². The van der Waals surface area contributed by atoms with Gasteiger partial charge in [-0.15, -0.1) is 0 Å². The molecule has 5 heteroatoms. The average Bonchev–Trinajstić information content (AvgIpc) is 2.74. The standard InChI is InChI=1S/C24H23FN2O2/c25-21-14-12-20(13-15-21)24(29)27-22-10-4-9-19(16-22)17-26-23(28)11-5-8-18-6-2-1-3-7-18/h1-4,6-7,9-10,12-16H,5,8,11,17H2,(H,26,28)(H,27,29). The second kappa shape index (κ2) is 10.2. The second-order valence-corrected chi connectivity index (χ2v) is 6.78. The Hall–Kier alpha value is -3.47. The Morgan fingerprint density at radius 3 is 2.31 bits per heavy atom. The summed E-state index contributed by atoms with van der Waals surface area (Å²) in [6.45, 7) is 0.393. The SMILES string of the molecule is O=C(CCCc1ccccc1)NCc1cccc(NC(=O)c2ccc(F)cc2)c1. The molecule has 0 aliphatic heterocycles. The van der Waals surface area contributed by atoms with Crippen molar-refractivity contribution in [1.82, 2.24) is 5.32 Å². The van der Waals surface area contributed by atoms with Gasteiger partial charge in [-0.05, 0) is 60.4 Å². The van der Waals surface area contributed by atoms with Crippen molar-refractivity contribution in [3.8, 4) is 0 Å². The van der Waals surface area contributed by atoms with E-state index in [2.05, 4.69) is 22.8 Å². The van der Waals surface area contributed by atoms with Gasteiger partial charge >= 0.3 is 0 Å². The summed E-state index contributed by atoms with van der Waals surface area (Å²) in [5.74, 6) is -0.697. The highest BCUT2D eigenvalue weighted by Gasteiger charge is 2.07. The van der Waals surface area contributed by atoms with Crippen LogP contribution in [0.1, 0.15) is 34.3 Å². The number of anilines is 1. The Kier molecular flexibility index (Phi) is 7.11. The maximum absolute atomic E-state index is 13.0. The number of hydrogen-bond donors (Lipinski definition) is 2. The van der Waals surface area contributed by atoms with Crippen molar-refractivity contribution in [3.05, 3.63) is 101 Å². The Labute approximate surface area is 169 Å². The monoisotopic (exact) mass is 390 g/mol. The summed E-state index contributed by atoms with van der Waals surface area (Å²) in [6, 6.07) is 22.7. The van der Waals surface area contributed by atoms with Crippen LogP contribution >= 0.6 is 0 Å². The molecule has 0 spiro atoms. The van der Waals surface area contributed by atoms with Gasteiger partial charge in [0.1, 0.15) is 5.82 Å². The smallest absolute Gasteiger partial charge is 0.255 e. The molecule has 148 valence electrons. The van der Waals surface area contributed by atoms with Gasteiger partial charge in [0, 0.05) is 24.2 Å². The summed E-state index contributed by atoms with van der Waals surface area (Å²) < 4.78 is 13.0. The van der Waals surface area contributed by atoms with Gasteiger partial charge in [0.25, 0.3) is 5.91 Å². The molecule has 2 amide bonds. The third-order valence-electron chi connectivity index (χ3n) is 4.49. The van der Waals surface area contributed by atoms with Crippen LogP contribution < -0.4 is 10.6 Å². The number of rotatable bonds is 8. The van der Waals surface area contributed by atoms with Crippen LogP contribution in [0.2, 0.25) is 0 Å². The van der Waals surface area contributed by atoms with Crippen molar-refractivity contribution in [2.75, 3.05) is 5.32 Å². The van der Waals surface area contributed by atoms with Gasteiger partial charge in [0.15, 0.2) is 0 Å². The first-order valence-electron chi connectivity index (χ1n) is 9.56. The van der Waals surface area contributed by atoms with E-state index in [-0.39, 0.29) is 17.6 Å². The molecular weight excluding hydrogens is 367 g/mol. The minimum atomic E-state index is -0.386. The minimum Gasteiger partial charge on any atom is -0.352 e. The molecule has 0 unspecified atom stereocenters. The predicted molar refractivity (Wildman–Crippen MR) is 112 cm³/mol. The number of amides is 2. The minimum absolute atomic E-state index is 0.00156. The molecule has 0 atom stereocenters. The highest BCUT2D eigenvalue weighted by molar-refractivity contribution is 6.04. The molecule has 0 fully saturated rings. The molecule has 0 saturated heterocycles. The molecule has 0 aromatic heterocycles. The predicted octanol–water partition coefficient (Wildman–Crippen LogP) is 4.72. The summed E-state index contributed by atoms with van der Waals surface area (Å²) in [5, 5.41) is 5.69. The number of benzene rings is 3. The molecule has 0 radical (unpaired) electrons. The van der Waals surface area contributed by atoms with Crippen molar-refractivity contribution in [1.29, 1.82) is 0 Å². The Morgan fingerprint density at radius 2 is 1.55 bits per heavy atom. The highest BCUT2D eigenvalue weighted by Crippen LogP contribution is 2.13. The van der Waals surface area contributed by atoms with E-state index in [1.54, 1.807) is 6.07 Å². The quantitative estimate of drug-likeness (QED) is 0.585. The first-order chi connectivity index (χ1) is 14.1. The Bertz CT molecular complexity index is 956. The highest BCUT2D eigenvalue weighted by atomic mass is 19.1. The fraction of sp³-hybridized carbons (Fsp3) is 0.167. The van der Waals surface area contributed by atoms with Crippen molar-refractivity contribution in [2.45, 2.75) is 25.8 Å². The zero-order valence-corrected chi connectivity index (χ0v) is 16.0. The first kappa shape index (κ1) is 20.3. The third-order valence-corrected chi connectivity index (χ3v) is 4.49. The molecule has 0 bridgehead atoms. The molecule has 4 nitrogen and oxygen atoms in total. The van der Waals surface area contributed by atoms with Gasteiger partial charge in [-0.1, -0.05) is 42.5 Å². The molecule has 0 heterocycles. The van der Waals surface area contributed by atoms with Crippen LogP contribution in [0.3, 0.4) is 0 Å². The summed E-state index contributed by atoms with van der Waals surface area (Å²) in [5.41, 5.74) is 3.11. The number of halogens is 1. The fourth-order valence-corrected chi connectivity index (χ4v) is 2.95. The fourth-order valence-electron chi connectivity index (χ4n) is 2.95. The molecule has 0 aliphatic carbocycles. The van der Waals surface area contributed by atoms with Gasteiger partial charge in [-0.3, -0.25) is 9.59 Å². The molecule has 3 aromatic rings. The first-order valence-corrected chi connectivity index (χ1v) is 9.56. The molecule has 3 aromatic carbocycles. The zero-order valence-electron chi connectivity index (χ0n) is 16.0. The van der Waals surface area contributed by atoms with Crippen molar-refractivity contribution < 1.29 is 14.0 Å². The van der Waals surface area contributed by atoms with Crippen LogP contribution in [0.25, 0.3) is 0 Å². The zero-order chi connectivity index (χ0) is 20.5. The van der Waals surface area contributed by atoms with Gasteiger partial charge < -0.3 is 10.6 Å². The maximum Gasteiger partial charge on any atom is 0.255 e. The molecule has 2 N–H and O–H groups in total. The average molecular weight is 390 g/mol. The second-order valence-electron chi connectivity index (χ2n) is 6.78. The largest absolute Gasteiger partial charge is 0.352 e. The van der Waals surface area contributed by atoms with Crippen LogP contribution in [0.5, 0.6) is 0 Å². The van der Waals surface area contributed by atoms with Gasteiger partial charge in [-0.2, -0.15) is 0 Å². The topological polar surface area (TPSA) is 58.2 Å². The normalized spacial score (nSPS) is 10.4. The number of aryl methyl sites for hydroxylation is 1. The molecule has 29 heavy (non-hydrogen) atoms. The molecule has 3 rings (SSSR count). The lowest BCUT2D eigenvalue weighted by molar-refractivity contribution is -0.121. The van der Waals surface area contributed by atoms with Crippen molar-refractivity contribution >= 4 is 17.5 Å². The van der Waals surface area contributed by atoms with Gasteiger partial charge in [0.2, 0.25) is 5.91 Å². The van der Waals surface area contributed by atoms with E-state index in [4.69, 9.17) is 0 Å². The van der Waals surface area contributed by atoms with Crippen LogP contribution in [0.15, 0.2) is 78.9 Å². The van der Waals surface area contributed by atoms with E-state index >= 15 is 0 Å². The number of nitrogens with one attached hydrogen (secondary N) is 2.